The van der Waals surface area contributed by atoms with Crippen LogP contribution in [0.2, 0.25) is 5.02 Å². The number of para-hydroxylation sites is 1. The molecule has 3 rings (SSSR count). The highest BCUT2D eigenvalue weighted by Gasteiger charge is 2.06. The number of hydrogen-bond acceptors (Lipinski definition) is 3. The van der Waals surface area contributed by atoms with E-state index in [0.717, 1.165) is 5.75 Å². The average molecular weight is 368 g/mol. The van der Waals surface area contributed by atoms with Gasteiger partial charge in [0.15, 0.2) is 0 Å². The van der Waals surface area contributed by atoms with E-state index < -0.39 is 0 Å². The zero-order chi connectivity index (χ0) is 18.2. The van der Waals surface area contributed by atoms with Crippen molar-refractivity contribution in [1.82, 2.24) is 0 Å². The van der Waals surface area contributed by atoms with E-state index in [1.165, 1.54) is 0 Å². The molecule has 132 valence electrons. The Labute approximate surface area is 157 Å². The van der Waals surface area contributed by atoms with E-state index in [1.54, 1.807) is 48.5 Å². The predicted octanol–water partition coefficient (Wildman–Crippen LogP) is 5.05. The van der Waals surface area contributed by atoms with Crippen LogP contribution in [0.1, 0.15) is 10.4 Å². The lowest BCUT2D eigenvalue weighted by Crippen LogP contribution is -2.12. The molecule has 0 aromatic heterocycles. The van der Waals surface area contributed by atoms with E-state index >= 15 is 0 Å². The lowest BCUT2D eigenvalue weighted by Gasteiger charge is -2.09. The highest BCUT2D eigenvalue weighted by molar-refractivity contribution is 6.30. The number of anilines is 1. The van der Waals surface area contributed by atoms with E-state index in [-0.39, 0.29) is 5.91 Å². The standard InChI is InChI=1S/C21H18ClNO3/c22-17-5-4-6-18(15-17)23-21(24)16-9-11-20(12-10-16)26-14-13-25-19-7-2-1-3-8-19/h1-12,15H,13-14H2,(H,23,24). The van der Waals surface area contributed by atoms with Crippen molar-refractivity contribution in [2.45, 2.75) is 0 Å². The molecule has 0 aliphatic heterocycles. The number of benzene rings is 3. The van der Waals surface area contributed by atoms with Gasteiger partial charge in [-0.15, -0.1) is 0 Å². The van der Waals surface area contributed by atoms with E-state index in [4.69, 9.17) is 21.1 Å². The monoisotopic (exact) mass is 367 g/mol. The van der Waals surface area contributed by atoms with Gasteiger partial charge in [0.25, 0.3) is 5.91 Å². The number of nitrogens with one attached hydrogen (secondary N) is 1. The Kier molecular flexibility index (Phi) is 6.12. The van der Waals surface area contributed by atoms with Gasteiger partial charge in [0.2, 0.25) is 0 Å². The second-order valence-electron chi connectivity index (χ2n) is 5.50. The number of rotatable bonds is 7. The molecule has 0 radical (unpaired) electrons. The van der Waals surface area contributed by atoms with Crippen molar-refractivity contribution in [2.75, 3.05) is 18.5 Å². The van der Waals surface area contributed by atoms with Crippen LogP contribution >= 0.6 is 11.6 Å². The summed E-state index contributed by atoms with van der Waals surface area (Å²) in [5, 5.41) is 3.38. The SMILES string of the molecule is O=C(Nc1cccc(Cl)c1)c1ccc(OCCOc2ccccc2)cc1. The van der Waals surface area contributed by atoms with Gasteiger partial charge in [0, 0.05) is 16.3 Å². The molecule has 1 N–H and O–H groups in total. The molecule has 5 heteroatoms. The average Bonchev–Trinajstić information content (AvgIpc) is 2.66. The molecule has 0 unspecified atom stereocenters. The largest absolute Gasteiger partial charge is 0.490 e. The van der Waals surface area contributed by atoms with Gasteiger partial charge in [-0.05, 0) is 54.6 Å². The minimum Gasteiger partial charge on any atom is -0.490 e. The minimum absolute atomic E-state index is 0.203. The summed E-state index contributed by atoms with van der Waals surface area (Å²) in [6.45, 7) is 0.865. The van der Waals surface area contributed by atoms with Crippen molar-refractivity contribution in [1.29, 1.82) is 0 Å². The van der Waals surface area contributed by atoms with E-state index in [2.05, 4.69) is 5.32 Å². The Balaban J connectivity index is 1.47. The molecule has 0 saturated heterocycles. The third-order valence-corrected chi connectivity index (χ3v) is 3.80. The summed E-state index contributed by atoms with van der Waals surface area (Å²) in [6, 6.07) is 23.5. The first kappa shape index (κ1) is 17.8. The van der Waals surface area contributed by atoms with E-state index in [1.807, 2.05) is 30.3 Å². The Morgan fingerprint density at radius 1 is 0.808 bits per heavy atom. The van der Waals surface area contributed by atoms with Crippen LogP contribution in [0.4, 0.5) is 5.69 Å². The molecular formula is C21H18ClNO3. The summed E-state index contributed by atoms with van der Waals surface area (Å²) >= 11 is 5.92. The van der Waals surface area contributed by atoms with Crippen LogP contribution in [0, 0.1) is 0 Å². The molecule has 3 aromatic rings. The number of halogens is 1. The Morgan fingerprint density at radius 2 is 1.46 bits per heavy atom. The van der Waals surface area contributed by atoms with Crippen molar-refractivity contribution >= 4 is 23.2 Å². The van der Waals surface area contributed by atoms with Crippen LogP contribution < -0.4 is 14.8 Å². The van der Waals surface area contributed by atoms with Crippen LogP contribution in [-0.4, -0.2) is 19.1 Å². The topological polar surface area (TPSA) is 47.6 Å². The molecule has 0 fully saturated rings. The van der Waals surface area contributed by atoms with Crippen molar-refractivity contribution in [3.05, 3.63) is 89.4 Å². The van der Waals surface area contributed by atoms with Crippen LogP contribution in [0.5, 0.6) is 11.5 Å². The van der Waals surface area contributed by atoms with Gasteiger partial charge in [0.05, 0.1) is 0 Å². The molecule has 0 atom stereocenters. The molecule has 0 spiro atoms. The molecule has 4 nitrogen and oxygen atoms in total. The van der Waals surface area contributed by atoms with Gasteiger partial charge in [-0.25, -0.2) is 0 Å². The van der Waals surface area contributed by atoms with Crippen molar-refractivity contribution < 1.29 is 14.3 Å². The zero-order valence-corrected chi connectivity index (χ0v) is 14.8. The molecule has 0 aliphatic rings. The molecule has 0 aliphatic carbocycles. The second kappa shape index (κ2) is 8.92. The van der Waals surface area contributed by atoms with Crippen LogP contribution in [0.25, 0.3) is 0 Å². The van der Waals surface area contributed by atoms with E-state index in [9.17, 15) is 4.79 Å². The zero-order valence-electron chi connectivity index (χ0n) is 14.0. The maximum atomic E-state index is 12.2. The van der Waals surface area contributed by atoms with Crippen LogP contribution in [0.15, 0.2) is 78.9 Å². The van der Waals surface area contributed by atoms with Gasteiger partial charge in [0.1, 0.15) is 24.7 Å². The highest BCUT2D eigenvalue weighted by Crippen LogP contribution is 2.17. The fourth-order valence-electron chi connectivity index (χ4n) is 2.31. The van der Waals surface area contributed by atoms with Gasteiger partial charge in [-0.2, -0.15) is 0 Å². The summed E-state index contributed by atoms with van der Waals surface area (Å²) in [7, 11) is 0. The number of carbonyl (C=O) groups excluding carboxylic acids is 1. The normalized spacial score (nSPS) is 10.2. The predicted molar refractivity (Wildman–Crippen MR) is 103 cm³/mol. The summed E-state index contributed by atoms with van der Waals surface area (Å²) in [6.07, 6.45) is 0. The van der Waals surface area contributed by atoms with Crippen LogP contribution in [-0.2, 0) is 0 Å². The molecule has 3 aromatic carbocycles. The number of carbonyl (C=O) groups is 1. The molecule has 0 saturated carbocycles. The first-order chi connectivity index (χ1) is 12.7. The smallest absolute Gasteiger partial charge is 0.255 e. The minimum atomic E-state index is -0.203. The number of ether oxygens (including phenoxy) is 2. The van der Waals surface area contributed by atoms with Gasteiger partial charge in [-0.3, -0.25) is 4.79 Å². The first-order valence-corrected chi connectivity index (χ1v) is 8.56. The Bertz CT molecular complexity index is 851. The Morgan fingerprint density at radius 3 is 2.12 bits per heavy atom. The lowest BCUT2D eigenvalue weighted by molar-refractivity contribution is 0.102. The van der Waals surface area contributed by atoms with Crippen molar-refractivity contribution in [2.24, 2.45) is 0 Å². The summed E-state index contributed by atoms with van der Waals surface area (Å²) < 4.78 is 11.2. The number of hydrogen-bond donors (Lipinski definition) is 1. The molecular weight excluding hydrogens is 350 g/mol. The fourth-order valence-corrected chi connectivity index (χ4v) is 2.50. The third-order valence-electron chi connectivity index (χ3n) is 3.56. The quantitative estimate of drug-likeness (QED) is 0.594. The molecule has 0 heterocycles. The van der Waals surface area contributed by atoms with Gasteiger partial charge >= 0.3 is 0 Å². The summed E-state index contributed by atoms with van der Waals surface area (Å²) in [4.78, 5) is 12.2. The summed E-state index contributed by atoms with van der Waals surface area (Å²) in [5.74, 6) is 1.29. The Hall–Kier alpha value is -2.98. The fraction of sp³-hybridized carbons (Fsp3) is 0.0952. The first-order valence-electron chi connectivity index (χ1n) is 8.18. The third kappa shape index (κ3) is 5.26. The van der Waals surface area contributed by atoms with E-state index in [0.29, 0.717) is 35.2 Å². The summed E-state index contributed by atoms with van der Waals surface area (Å²) in [5.41, 5.74) is 1.19. The van der Waals surface area contributed by atoms with Crippen molar-refractivity contribution in [3.63, 3.8) is 0 Å². The van der Waals surface area contributed by atoms with Crippen LogP contribution in [0.3, 0.4) is 0 Å². The van der Waals surface area contributed by atoms with Crippen molar-refractivity contribution in [3.8, 4) is 11.5 Å². The second-order valence-corrected chi connectivity index (χ2v) is 5.94. The lowest BCUT2D eigenvalue weighted by atomic mass is 10.2. The highest BCUT2D eigenvalue weighted by atomic mass is 35.5. The molecule has 26 heavy (non-hydrogen) atoms. The molecule has 0 bridgehead atoms. The molecule has 1 amide bonds. The maximum absolute atomic E-state index is 12.2. The maximum Gasteiger partial charge on any atom is 0.255 e. The van der Waals surface area contributed by atoms with Gasteiger partial charge in [-0.1, -0.05) is 35.9 Å². The number of amides is 1. The van der Waals surface area contributed by atoms with Gasteiger partial charge < -0.3 is 14.8 Å².